The lowest BCUT2D eigenvalue weighted by Crippen LogP contribution is -2.37. The van der Waals surface area contributed by atoms with E-state index in [0.717, 1.165) is 25.0 Å². The third-order valence-corrected chi connectivity index (χ3v) is 3.41. The fourth-order valence-corrected chi connectivity index (χ4v) is 2.06. The van der Waals surface area contributed by atoms with Crippen molar-refractivity contribution >= 4 is 0 Å². The summed E-state index contributed by atoms with van der Waals surface area (Å²) in [7, 11) is 2.03. The number of rotatable bonds is 7. The van der Waals surface area contributed by atoms with Crippen molar-refractivity contribution in [3.63, 3.8) is 0 Å². The Morgan fingerprint density at radius 3 is 2.43 bits per heavy atom. The summed E-state index contributed by atoms with van der Waals surface area (Å²) < 4.78 is 5.87. The Kier molecular flexibility index (Phi) is 5.49. The quantitative estimate of drug-likeness (QED) is 0.680. The summed E-state index contributed by atoms with van der Waals surface area (Å²) in [5.41, 5.74) is 0. The molecule has 0 unspecified atom stereocenters. The van der Waals surface area contributed by atoms with E-state index in [1.807, 2.05) is 7.05 Å². The summed E-state index contributed by atoms with van der Waals surface area (Å²) in [6, 6.07) is 0. The third-order valence-electron chi connectivity index (χ3n) is 3.41. The van der Waals surface area contributed by atoms with Gasteiger partial charge in [-0.25, -0.2) is 0 Å². The van der Waals surface area contributed by atoms with Crippen molar-refractivity contribution in [3.8, 4) is 0 Å². The molecule has 0 aliphatic heterocycles. The maximum absolute atomic E-state index is 5.87. The van der Waals surface area contributed by atoms with Crippen molar-refractivity contribution in [3.05, 3.63) is 0 Å². The van der Waals surface area contributed by atoms with Crippen LogP contribution in [0.25, 0.3) is 0 Å². The normalized spacial score (nSPS) is 26.6. The van der Waals surface area contributed by atoms with Gasteiger partial charge in [0.15, 0.2) is 0 Å². The van der Waals surface area contributed by atoms with Gasteiger partial charge in [0.2, 0.25) is 0 Å². The van der Waals surface area contributed by atoms with Gasteiger partial charge in [0, 0.05) is 6.61 Å². The molecule has 1 saturated carbocycles. The van der Waals surface area contributed by atoms with Gasteiger partial charge >= 0.3 is 0 Å². The van der Waals surface area contributed by atoms with Crippen molar-refractivity contribution < 1.29 is 4.74 Å². The van der Waals surface area contributed by atoms with Crippen LogP contribution in [0.2, 0.25) is 0 Å². The van der Waals surface area contributed by atoms with Crippen molar-refractivity contribution in [1.29, 1.82) is 0 Å². The molecule has 1 aliphatic carbocycles. The van der Waals surface area contributed by atoms with Crippen molar-refractivity contribution in [2.24, 2.45) is 11.8 Å². The average Bonchev–Trinajstić information content (AvgIpc) is 2.15. The van der Waals surface area contributed by atoms with E-state index in [1.165, 1.54) is 25.7 Å². The summed E-state index contributed by atoms with van der Waals surface area (Å²) in [5.74, 6) is 1.64. The summed E-state index contributed by atoms with van der Waals surface area (Å²) in [4.78, 5) is 0. The second-order valence-electron chi connectivity index (χ2n) is 4.53. The molecular weight excluding hydrogens is 174 g/mol. The van der Waals surface area contributed by atoms with E-state index < -0.39 is 0 Å². The van der Waals surface area contributed by atoms with Gasteiger partial charge in [-0.3, -0.25) is 0 Å². The molecule has 2 heteroatoms. The molecule has 0 aromatic carbocycles. The van der Waals surface area contributed by atoms with Gasteiger partial charge in [-0.05, 0) is 38.3 Å². The number of ether oxygens (including phenoxy) is 1. The minimum atomic E-state index is 0.564. The second kappa shape index (κ2) is 6.41. The number of hydrogen-bond acceptors (Lipinski definition) is 2. The third kappa shape index (κ3) is 3.58. The zero-order chi connectivity index (χ0) is 10.4. The van der Waals surface area contributed by atoms with E-state index >= 15 is 0 Å². The fraction of sp³-hybridized carbons (Fsp3) is 1.00. The minimum absolute atomic E-state index is 0.564. The highest BCUT2D eigenvalue weighted by Gasteiger charge is 2.29. The highest BCUT2D eigenvalue weighted by atomic mass is 16.5. The first kappa shape index (κ1) is 12.0. The topological polar surface area (TPSA) is 21.3 Å². The van der Waals surface area contributed by atoms with Gasteiger partial charge in [0.1, 0.15) is 0 Å². The van der Waals surface area contributed by atoms with Crippen LogP contribution in [-0.2, 0) is 4.74 Å². The largest absolute Gasteiger partial charge is 0.378 e. The number of hydrogen-bond donors (Lipinski definition) is 1. The Labute approximate surface area is 88.4 Å². The zero-order valence-electron chi connectivity index (χ0n) is 9.88. The zero-order valence-corrected chi connectivity index (χ0v) is 9.88. The van der Waals surface area contributed by atoms with Gasteiger partial charge in [-0.1, -0.05) is 26.7 Å². The first-order valence-electron chi connectivity index (χ1n) is 6.06. The maximum atomic E-state index is 5.87. The molecule has 84 valence electrons. The Morgan fingerprint density at radius 1 is 1.29 bits per heavy atom. The van der Waals surface area contributed by atoms with E-state index in [4.69, 9.17) is 4.74 Å². The van der Waals surface area contributed by atoms with Crippen LogP contribution in [0.4, 0.5) is 0 Å². The van der Waals surface area contributed by atoms with Crippen molar-refractivity contribution in [1.82, 2.24) is 5.32 Å². The first-order chi connectivity index (χ1) is 6.80. The Balaban J connectivity index is 1.99. The van der Waals surface area contributed by atoms with Crippen molar-refractivity contribution in [2.45, 2.75) is 45.6 Å². The van der Waals surface area contributed by atoms with Gasteiger partial charge in [0.05, 0.1) is 6.10 Å². The molecule has 1 fully saturated rings. The SMILES string of the molecule is CCC(CC)COC1CC(CNC)C1. The van der Waals surface area contributed by atoms with Crippen LogP contribution in [0.5, 0.6) is 0 Å². The predicted octanol–water partition coefficient (Wildman–Crippen LogP) is 2.44. The van der Waals surface area contributed by atoms with Crippen LogP contribution in [0.1, 0.15) is 39.5 Å². The molecule has 1 N–H and O–H groups in total. The Hall–Kier alpha value is -0.0800. The highest BCUT2D eigenvalue weighted by molar-refractivity contribution is 4.81. The second-order valence-corrected chi connectivity index (χ2v) is 4.53. The van der Waals surface area contributed by atoms with Gasteiger partial charge in [0.25, 0.3) is 0 Å². The number of nitrogens with one attached hydrogen (secondary N) is 1. The van der Waals surface area contributed by atoms with E-state index in [2.05, 4.69) is 19.2 Å². The Morgan fingerprint density at radius 2 is 1.93 bits per heavy atom. The maximum Gasteiger partial charge on any atom is 0.0581 e. The molecule has 1 aliphatic rings. The Bertz CT molecular complexity index is 139. The van der Waals surface area contributed by atoms with Crippen LogP contribution < -0.4 is 5.32 Å². The molecule has 0 bridgehead atoms. The summed E-state index contributed by atoms with van der Waals surface area (Å²) in [5, 5.41) is 3.22. The van der Waals surface area contributed by atoms with Crippen LogP contribution in [-0.4, -0.2) is 26.3 Å². The molecule has 0 aromatic heterocycles. The van der Waals surface area contributed by atoms with Crippen LogP contribution in [0, 0.1) is 11.8 Å². The molecule has 0 amide bonds. The highest BCUT2D eigenvalue weighted by Crippen LogP contribution is 2.30. The van der Waals surface area contributed by atoms with E-state index in [0.29, 0.717) is 6.10 Å². The van der Waals surface area contributed by atoms with Crippen LogP contribution in [0.15, 0.2) is 0 Å². The molecule has 0 aromatic rings. The lowest BCUT2D eigenvalue weighted by molar-refractivity contribution is -0.0446. The molecule has 0 spiro atoms. The van der Waals surface area contributed by atoms with E-state index in [1.54, 1.807) is 0 Å². The van der Waals surface area contributed by atoms with Crippen LogP contribution in [0.3, 0.4) is 0 Å². The fourth-order valence-electron chi connectivity index (χ4n) is 2.06. The summed E-state index contributed by atoms with van der Waals surface area (Å²) in [6.45, 7) is 6.64. The van der Waals surface area contributed by atoms with Crippen molar-refractivity contribution in [2.75, 3.05) is 20.2 Å². The lowest BCUT2D eigenvalue weighted by Gasteiger charge is -2.35. The molecule has 14 heavy (non-hydrogen) atoms. The van der Waals surface area contributed by atoms with Crippen LogP contribution >= 0.6 is 0 Å². The minimum Gasteiger partial charge on any atom is -0.378 e. The van der Waals surface area contributed by atoms with Gasteiger partial charge < -0.3 is 10.1 Å². The average molecular weight is 199 g/mol. The lowest BCUT2D eigenvalue weighted by atomic mass is 9.82. The molecule has 0 heterocycles. The molecular formula is C12H25NO. The van der Waals surface area contributed by atoms with Gasteiger partial charge in [-0.2, -0.15) is 0 Å². The summed E-state index contributed by atoms with van der Waals surface area (Å²) in [6.07, 6.45) is 5.60. The molecule has 0 atom stereocenters. The monoisotopic (exact) mass is 199 g/mol. The summed E-state index contributed by atoms with van der Waals surface area (Å²) >= 11 is 0. The first-order valence-corrected chi connectivity index (χ1v) is 6.06. The standard InChI is InChI=1S/C12H25NO/c1-4-10(5-2)9-14-12-6-11(7-12)8-13-3/h10-13H,4-9H2,1-3H3. The predicted molar refractivity (Wildman–Crippen MR) is 60.5 cm³/mol. The molecule has 2 nitrogen and oxygen atoms in total. The molecule has 1 rings (SSSR count). The van der Waals surface area contributed by atoms with E-state index in [-0.39, 0.29) is 0 Å². The van der Waals surface area contributed by atoms with E-state index in [9.17, 15) is 0 Å². The molecule has 0 radical (unpaired) electrons. The smallest absolute Gasteiger partial charge is 0.0581 e. The molecule has 0 saturated heterocycles. The van der Waals surface area contributed by atoms with Gasteiger partial charge in [-0.15, -0.1) is 0 Å².